The van der Waals surface area contributed by atoms with Crippen molar-refractivity contribution in [3.05, 3.63) is 57.6 Å². The van der Waals surface area contributed by atoms with Gasteiger partial charge in [0.25, 0.3) is 0 Å². The van der Waals surface area contributed by atoms with Gasteiger partial charge in [-0.2, -0.15) is 0 Å². The molecule has 1 aliphatic heterocycles. The summed E-state index contributed by atoms with van der Waals surface area (Å²) < 4.78 is 12.2. The second-order valence-electron chi connectivity index (χ2n) is 5.08. The Bertz CT molecular complexity index is 640. The Morgan fingerprint density at radius 3 is 2.67 bits per heavy atom. The Morgan fingerprint density at radius 2 is 2.00 bits per heavy atom. The largest absolute Gasteiger partial charge is 0.497 e. The number of nitrogens with one attached hydrogen (secondary N) is 1. The molecule has 3 rings (SSSR count). The molecule has 0 saturated heterocycles. The van der Waals surface area contributed by atoms with Crippen LogP contribution in [0.4, 0.5) is 0 Å². The topological polar surface area (TPSA) is 30.5 Å². The smallest absolute Gasteiger partial charge is 0.127 e. The van der Waals surface area contributed by atoms with Gasteiger partial charge in [-0.3, -0.25) is 0 Å². The minimum absolute atomic E-state index is 0.0975. The van der Waals surface area contributed by atoms with Gasteiger partial charge in [-0.05, 0) is 42.4 Å². The zero-order chi connectivity index (χ0) is 14.8. The average Bonchev–Trinajstić information content (AvgIpc) is 2.96. The van der Waals surface area contributed by atoms with Crippen molar-refractivity contribution in [3.63, 3.8) is 0 Å². The molecule has 0 fully saturated rings. The van der Waals surface area contributed by atoms with Crippen molar-refractivity contribution in [2.24, 2.45) is 0 Å². The predicted molar refractivity (Wildman–Crippen MR) is 87.2 cm³/mol. The summed E-state index contributed by atoms with van der Waals surface area (Å²) in [5.74, 6) is 1.89. The number of ether oxygens (including phenoxy) is 2. The van der Waals surface area contributed by atoms with Crippen molar-refractivity contribution in [2.45, 2.75) is 12.5 Å². The molecule has 1 heterocycles. The molecule has 1 aliphatic rings. The van der Waals surface area contributed by atoms with E-state index in [9.17, 15) is 0 Å². The molecule has 0 radical (unpaired) electrons. The van der Waals surface area contributed by atoms with E-state index in [0.717, 1.165) is 29.0 Å². The van der Waals surface area contributed by atoms with Gasteiger partial charge in [0, 0.05) is 16.5 Å². The maximum atomic E-state index is 5.85. The first-order chi connectivity index (χ1) is 10.2. The molecular formula is C17H18BrNO2. The lowest BCUT2D eigenvalue weighted by molar-refractivity contribution is 0.351. The molecule has 0 bridgehead atoms. The van der Waals surface area contributed by atoms with Gasteiger partial charge < -0.3 is 14.8 Å². The standard InChI is InChI=1S/C17H18BrNO2/c1-19-16(11-3-5-14(20-2)6-4-11)15-10-13(18)9-12-7-8-21-17(12)15/h3-6,9-10,16,19H,7-8H2,1-2H3. The first-order valence-electron chi connectivity index (χ1n) is 6.99. The fourth-order valence-electron chi connectivity index (χ4n) is 2.81. The number of rotatable bonds is 4. The van der Waals surface area contributed by atoms with Crippen LogP contribution in [0, 0.1) is 0 Å². The van der Waals surface area contributed by atoms with E-state index < -0.39 is 0 Å². The highest BCUT2D eigenvalue weighted by atomic mass is 79.9. The van der Waals surface area contributed by atoms with Crippen LogP contribution in [-0.2, 0) is 6.42 Å². The lowest BCUT2D eigenvalue weighted by atomic mass is 9.96. The third-order valence-electron chi connectivity index (χ3n) is 3.83. The van der Waals surface area contributed by atoms with Gasteiger partial charge in [0.15, 0.2) is 0 Å². The van der Waals surface area contributed by atoms with Gasteiger partial charge >= 0.3 is 0 Å². The van der Waals surface area contributed by atoms with E-state index in [0.29, 0.717) is 0 Å². The molecule has 0 amide bonds. The summed E-state index contributed by atoms with van der Waals surface area (Å²) in [4.78, 5) is 0. The molecule has 0 spiro atoms. The van der Waals surface area contributed by atoms with Crippen LogP contribution < -0.4 is 14.8 Å². The summed E-state index contributed by atoms with van der Waals surface area (Å²) >= 11 is 3.61. The van der Waals surface area contributed by atoms with Crippen LogP contribution in [0.15, 0.2) is 40.9 Å². The fourth-order valence-corrected chi connectivity index (χ4v) is 3.33. The highest BCUT2D eigenvalue weighted by molar-refractivity contribution is 9.10. The number of halogens is 1. The lowest BCUT2D eigenvalue weighted by Crippen LogP contribution is -2.18. The Balaban J connectivity index is 2.03. The van der Waals surface area contributed by atoms with Gasteiger partial charge in [-0.15, -0.1) is 0 Å². The van der Waals surface area contributed by atoms with Crippen molar-refractivity contribution in [1.82, 2.24) is 5.32 Å². The highest BCUT2D eigenvalue weighted by Gasteiger charge is 2.23. The molecule has 3 nitrogen and oxygen atoms in total. The van der Waals surface area contributed by atoms with Gasteiger partial charge in [-0.1, -0.05) is 28.1 Å². The molecule has 0 aliphatic carbocycles. The molecular weight excluding hydrogens is 330 g/mol. The van der Waals surface area contributed by atoms with E-state index in [4.69, 9.17) is 9.47 Å². The van der Waals surface area contributed by atoms with Crippen molar-refractivity contribution in [2.75, 3.05) is 20.8 Å². The summed E-state index contributed by atoms with van der Waals surface area (Å²) in [7, 11) is 3.65. The zero-order valence-electron chi connectivity index (χ0n) is 12.2. The molecule has 0 aromatic heterocycles. The molecule has 110 valence electrons. The first-order valence-corrected chi connectivity index (χ1v) is 7.78. The molecule has 1 N–H and O–H groups in total. The summed E-state index contributed by atoms with van der Waals surface area (Å²) in [6.07, 6.45) is 0.973. The Hall–Kier alpha value is -1.52. The van der Waals surface area contributed by atoms with Gasteiger partial charge in [0.2, 0.25) is 0 Å². The van der Waals surface area contributed by atoms with Crippen molar-refractivity contribution in [1.29, 1.82) is 0 Å². The van der Waals surface area contributed by atoms with Crippen molar-refractivity contribution in [3.8, 4) is 11.5 Å². The van der Waals surface area contributed by atoms with Crippen LogP contribution >= 0.6 is 15.9 Å². The third kappa shape index (κ3) is 2.78. The van der Waals surface area contributed by atoms with E-state index in [1.54, 1.807) is 7.11 Å². The summed E-state index contributed by atoms with van der Waals surface area (Å²) in [5, 5.41) is 3.39. The highest BCUT2D eigenvalue weighted by Crippen LogP contribution is 2.38. The number of hydrogen-bond donors (Lipinski definition) is 1. The monoisotopic (exact) mass is 347 g/mol. The second kappa shape index (κ2) is 6.08. The van der Waals surface area contributed by atoms with Gasteiger partial charge in [0.1, 0.15) is 11.5 Å². The van der Waals surface area contributed by atoms with Crippen LogP contribution in [0.2, 0.25) is 0 Å². The van der Waals surface area contributed by atoms with E-state index >= 15 is 0 Å². The van der Waals surface area contributed by atoms with Crippen molar-refractivity contribution >= 4 is 15.9 Å². The van der Waals surface area contributed by atoms with E-state index in [2.05, 4.69) is 45.5 Å². The number of hydrogen-bond acceptors (Lipinski definition) is 3. The number of methoxy groups -OCH3 is 1. The summed E-state index contributed by atoms with van der Waals surface area (Å²) in [6.45, 7) is 0.762. The molecule has 4 heteroatoms. The lowest BCUT2D eigenvalue weighted by Gasteiger charge is -2.20. The first kappa shape index (κ1) is 14.4. The van der Waals surface area contributed by atoms with Crippen LogP contribution in [0.3, 0.4) is 0 Å². The summed E-state index contributed by atoms with van der Waals surface area (Å²) in [5.41, 5.74) is 3.63. The molecule has 2 aromatic carbocycles. The normalized spacial score (nSPS) is 14.4. The predicted octanol–water partition coefficient (Wildman–Crippen LogP) is 3.70. The van der Waals surface area contributed by atoms with E-state index in [1.165, 1.54) is 16.7 Å². The zero-order valence-corrected chi connectivity index (χ0v) is 13.7. The van der Waals surface area contributed by atoms with Crippen LogP contribution in [0.25, 0.3) is 0 Å². The molecule has 1 atom stereocenters. The van der Waals surface area contributed by atoms with E-state index in [-0.39, 0.29) is 6.04 Å². The van der Waals surface area contributed by atoms with E-state index in [1.807, 2.05) is 19.2 Å². The Kier molecular flexibility index (Phi) is 4.17. The quantitative estimate of drug-likeness (QED) is 0.914. The molecule has 0 saturated carbocycles. The van der Waals surface area contributed by atoms with Crippen molar-refractivity contribution < 1.29 is 9.47 Å². The Morgan fingerprint density at radius 1 is 1.24 bits per heavy atom. The van der Waals surface area contributed by atoms with Crippen LogP contribution in [0.1, 0.15) is 22.7 Å². The second-order valence-corrected chi connectivity index (χ2v) is 5.99. The minimum Gasteiger partial charge on any atom is -0.497 e. The SMILES string of the molecule is CNC(c1ccc(OC)cc1)c1cc(Br)cc2c1OCC2. The molecule has 21 heavy (non-hydrogen) atoms. The maximum Gasteiger partial charge on any atom is 0.127 e. The number of benzene rings is 2. The summed E-state index contributed by atoms with van der Waals surface area (Å²) in [6, 6.07) is 12.5. The third-order valence-corrected chi connectivity index (χ3v) is 4.28. The van der Waals surface area contributed by atoms with Gasteiger partial charge in [-0.25, -0.2) is 0 Å². The minimum atomic E-state index is 0.0975. The molecule has 1 unspecified atom stereocenters. The fraction of sp³-hybridized carbons (Fsp3) is 0.294. The molecule has 2 aromatic rings. The Labute approximate surface area is 133 Å². The van der Waals surface area contributed by atoms with Crippen LogP contribution in [0.5, 0.6) is 11.5 Å². The maximum absolute atomic E-state index is 5.85. The average molecular weight is 348 g/mol. The number of fused-ring (bicyclic) bond motifs is 1. The van der Waals surface area contributed by atoms with Crippen LogP contribution in [-0.4, -0.2) is 20.8 Å². The van der Waals surface area contributed by atoms with Gasteiger partial charge in [0.05, 0.1) is 19.8 Å².